The Labute approximate surface area is 152 Å². The fourth-order valence-electron chi connectivity index (χ4n) is 1.87. The van der Waals surface area contributed by atoms with Crippen LogP contribution in [0.5, 0.6) is 0 Å². The predicted octanol–water partition coefficient (Wildman–Crippen LogP) is 5.52. The SMILES string of the molecule is CCC=CCC=CCC=CCC(O)C=CC=CCC=CCCC(=O)O. The number of aliphatic hydroxyl groups excluding tert-OH is 1. The molecule has 0 bridgehead atoms. The van der Waals surface area contributed by atoms with Crippen LogP contribution >= 0.6 is 0 Å². The minimum atomic E-state index is -0.772. The largest absolute Gasteiger partial charge is 0.481 e. The van der Waals surface area contributed by atoms with Gasteiger partial charge in [0.25, 0.3) is 0 Å². The molecule has 0 radical (unpaired) electrons. The monoisotopic (exact) mass is 344 g/mol. The lowest BCUT2D eigenvalue weighted by molar-refractivity contribution is -0.136. The Kier molecular flexibility index (Phi) is 16.7. The van der Waals surface area contributed by atoms with E-state index in [2.05, 4.69) is 37.3 Å². The molecule has 0 heterocycles. The Balaban J connectivity index is 3.73. The molecule has 0 amide bonds. The summed E-state index contributed by atoms with van der Waals surface area (Å²) in [4.78, 5) is 10.3. The van der Waals surface area contributed by atoms with Crippen molar-refractivity contribution in [3.05, 3.63) is 72.9 Å². The summed E-state index contributed by atoms with van der Waals surface area (Å²) in [5, 5.41) is 18.3. The van der Waals surface area contributed by atoms with Gasteiger partial charge in [-0.3, -0.25) is 4.79 Å². The van der Waals surface area contributed by atoms with Crippen LogP contribution in [0.15, 0.2) is 72.9 Å². The van der Waals surface area contributed by atoms with Crippen molar-refractivity contribution in [1.29, 1.82) is 0 Å². The molecule has 0 aliphatic rings. The number of carboxylic acid groups (broad SMARTS) is 1. The summed E-state index contributed by atoms with van der Waals surface area (Å²) < 4.78 is 0. The molecule has 3 nitrogen and oxygen atoms in total. The number of aliphatic hydroxyl groups is 1. The minimum Gasteiger partial charge on any atom is -0.481 e. The van der Waals surface area contributed by atoms with Gasteiger partial charge in [0.05, 0.1) is 6.10 Å². The van der Waals surface area contributed by atoms with Gasteiger partial charge in [-0.25, -0.2) is 0 Å². The molecule has 0 aliphatic heterocycles. The first-order valence-electron chi connectivity index (χ1n) is 9.00. The van der Waals surface area contributed by atoms with Crippen LogP contribution in [-0.4, -0.2) is 22.3 Å². The number of aliphatic carboxylic acids is 1. The zero-order valence-corrected chi connectivity index (χ0v) is 15.3. The average molecular weight is 344 g/mol. The number of carboxylic acids is 1. The second-order valence-electron chi connectivity index (χ2n) is 5.55. The summed E-state index contributed by atoms with van der Waals surface area (Å²) in [5.74, 6) is -0.772. The van der Waals surface area contributed by atoms with Crippen LogP contribution < -0.4 is 0 Å². The van der Waals surface area contributed by atoms with Gasteiger partial charge >= 0.3 is 5.97 Å². The Morgan fingerprint density at radius 1 is 0.840 bits per heavy atom. The molecule has 0 fully saturated rings. The fraction of sp³-hybridized carbons (Fsp3) is 0.409. The van der Waals surface area contributed by atoms with Crippen LogP contribution in [0, 0.1) is 0 Å². The van der Waals surface area contributed by atoms with Gasteiger partial charge < -0.3 is 10.2 Å². The second kappa shape index (κ2) is 18.2. The zero-order chi connectivity index (χ0) is 18.6. The van der Waals surface area contributed by atoms with E-state index in [1.54, 1.807) is 6.08 Å². The highest BCUT2D eigenvalue weighted by molar-refractivity contribution is 5.66. The molecule has 25 heavy (non-hydrogen) atoms. The number of hydrogen-bond acceptors (Lipinski definition) is 2. The molecule has 0 aliphatic carbocycles. The van der Waals surface area contributed by atoms with Crippen LogP contribution in [-0.2, 0) is 4.79 Å². The summed E-state index contributed by atoms with van der Waals surface area (Å²) in [6.07, 6.45) is 28.5. The first kappa shape index (κ1) is 22.9. The second-order valence-corrected chi connectivity index (χ2v) is 5.55. The van der Waals surface area contributed by atoms with Gasteiger partial charge in [-0.15, -0.1) is 0 Å². The maximum atomic E-state index is 10.3. The molecule has 138 valence electrons. The molecule has 1 atom stereocenters. The molecule has 1 unspecified atom stereocenters. The Bertz CT molecular complexity index is 493. The number of allylic oxidation sites excluding steroid dienone is 10. The van der Waals surface area contributed by atoms with E-state index in [1.165, 1.54) is 0 Å². The Morgan fingerprint density at radius 3 is 2.12 bits per heavy atom. The maximum Gasteiger partial charge on any atom is 0.303 e. The molecule has 2 N–H and O–H groups in total. The summed E-state index contributed by atoms with van der Waals surface area (Å²) in [5.41, 5.74) is 0. The third-order valence-electron chi connectivity index (χ3n) is 3.20. The summed E-state index contributed by atoms with van der Waals surface area (Å²) >= 11 is 0. The third kappa shape index (κ3) is 19.8. The van der Waals surface area contributed by atoms with Crippen molar-refractivity contribution in [2.75, 3.05) is 0 Å². The molecule has 0 rings (SSSR count). The van der Waals surface area contributed by atoms with Crippen LogP contribution in [0.1, 0.15) is 51.9 Å². The van der Waals surface area contributed by atoms with E-state index in [-0.39, 0.29) is 6.42 Å². The normalized spacial score (nSPS) is 14.3. The summed E-state index contributed by atoms with van der Waals surface area (Å²) in [6, 6.07) is 0. The lowest BCUT2D eigenvalue weighted by Gasteiger charge is -1.98. The molecule has 0 aromatic rings. The molecule has 3 heteroatoms. The standard InChI is InChI=1S/C22H32O3/c1-2-3-4-5-6-7-9-12-15-18-21(23)19-16-13-10-8-11-14-17-20-22(24)25/h3-4,6-7,10-16,19,21,23H,2,5,8-9,17-18,20H2,1H3,(H,24,25). The van der Waals surface area contributed by atoms with Crippen molar-refractivity contribution in [2.24, 2.45) is 0 Å². The topological polar surface area (TPSA) is 57.5 Å². The van der Waals surface area contributed by atoms with Gasteiger partial charge in [0.2, 0.25) is 0 Å². The lowest BCUT2D eigenvalue weighted by Crippen LogP contribution is -1.98. The summed E-state index contributed by atoms with van der Waals surface area (Å²) in [6.45, 7) is 2.13. The van der Waals surface area contributed by atoms with E-state index in [4.69, 9.17) is 5.11 Å². The number of carbonyl (C=O) groups is 1. The number of rotatable bonds is 14. The first-order valence-corrected chi connectivity index (χ1v) is 9.00. The van der Waals surface area contributed by atoms with Gasteiger partial charge in [0.15, 0.2) is 0 Å². The van der Waals surface area contributed by atoms with E-state index in [9.17, 15) is 9.90 Å². The van der Waals surface area contributed by atoms with Crippen molar-refractivity contribution in [2.45, 2.75) is 58.0 Å². The van der Waals surface area contributed by atoms with Crippen molar-refractivity contribution in [3.63, 3.8) is 0 Å². The van der Waals surface area contributed by atoms with Gasteiger partial charge in [-0.05, 0) is 38.5 Å². The van der Waals surface area contributed by atoms with Crippen LogP contribution in [0.4, 0.5) is 0 Å². The van der Waals surface area contributed by atoms with Crippen molar-refractivity contribution < 1.29 is 15.0 Å². The van der Waals surface area contributed by atoms with Crippen LogP contribution in [0.3, 0.4) is 0 Å². The molecular formula is C22H32O3. The Hall–Kier alpha value is -2.13. The molecule has 0 saturated carbocycles. The third-order valence-corrected chi connectivity index (χ3v) is 3.20. The molecule has 0 spiro atoms. The van der Waals surface area contributed by atoms with Gasteiger partial charge in [-0.1, -0.05) is 79.8 Å². The first-order chi connectivity index (χ1) is 12.2. The van der Waals surface area contributed by atoms with E-state index in [0.29, 0.717) is 12.8 Å². The highest BCUT2D eigenvalue weighted by atomic mass is 16.4. The molecular weight excluding hydrogens is 312 g/mol. The van der Waals surface area contributed by atoms with E-state index < -0.39 is 12.1 Å². The fourth-order valence-corrected chi connectivity index (χ4v) is 1.87. The molecule has 0 saturated heterocycles. The van der Waals surface area contributed by atoms with E-state index in [1.807, 2.05) is 36.5 Å². The quantitative estimate of drug-likeness (QED) is 0.322. The van der Waals surface area contributed by atoms with E-state index in [0.717, 1.165) is 25.7 Å². The highest BCUT2D eigenvalue weighted by Gasteiger charge is 1.92. The van der Waals surface area contributed by atoms with Crippen LogP contribution in [0.2, 0.25) is 0 Å². The smallest absolute Gasteiger partial charge is 0.303 e. The molecule has 0 aromatic heterocycles. The van der Waals surface area contributed by atoms with E-state index >= 15 is 0 Å². The molecule has 0 aromatic carbocycles. The van der Waals surface area contributed by atoms with Crippen molar-refractivity contribution >= 4 is 5.97 Å². The summed E-state index contributed by atoms with van der Waals surface area (Å²) in [7, 11) is 0. The van der Waals surface area contributed by atoms with Crippen LogP contribution in [0.25, 0.3) is 0 Å². The van der Waals surface area contributed by atoms with Crippen molar-refractivity contribution in [1.82, 2.24) is 0 Å². The number of hydrogen-bond donors (Lipinski definition) is 2. The van der Waals surface area contributed by atoms with Gasteiger partial charge in [0.1, 0.15) is 0 Å². The lowest BCUT2D eigenvalue weighted by atomic mass is 10.2. The van der Waals surface area contributed by atoms with Crippen molar-refractivity contribution in [3.8, 4) is 0 Å². The predicted molar refractivity (Wildman–Crippen MR) is 106 cm³/mol. The minimum absolute atomic E-state index is 0.172. The Morgan fingerprint density at radius 2 is 1.44 bits per heavy atom. The average Bonchev–Trinajstić information content (AvgIpc) is 2.58. The van der Waals surface area contributed by atoms with Gasteiger partial charge in [-0.2, -0.15) is 0 Å². The zero-order valence-electron chi connectivity index (χ0n) is 15.3. The van der Waals surface area contributed by atoms with Gasteiger partial charge in [0, 0.05) is 6.42 Å². The maximum absolute atomic E-state index is 10.3. The highest BCUT2D eigenvalue weighted by Crippen LogP contribution is 1.99.